The number of carbonyl (C=O) groups excluding carboxylic acids is 1. The smallest absolute Gasteiger partial charge is 0.308 e. The van der Waals surface area contributed by atoms with Crippen LogP contribution in [0.25, 0.3) is 0 Å². The molecule has 0 radical (unpaired) electrons. The van der Waals surface area contributed by atoms with E-state index in [1.807, 2.05) is 6.92 Å². The van der Waals surface area contributed by atoms with Crippen molar-refractivity contribution in [3.63, 3.8) is 0 Å². The van der Waals surface area contributed by atoms with Gasteiger partial charge in [0, 0.05) is 18.7 Å². The fraction of sp³-hybridized carbons (Fsp3) is 0.833. The lowest BCUT2D eigenvalue weighted by molar-refractivity contribution is -0.143. The summed E-state index contributed by atoms with van der Waals surface area (Å²) >= 11 is 0. The van der Waals surface area contributed by atoms with Crippen LogP contribution < -0.4 is 0 Å². The highest BCUT2D eigenvalue weighted by Crippen LogP contribution is 2.41. The number of rotatable bonds is 5. The molecule has 5 nitrogen and oxygen atoms in total. The zero-order valence-corrected chi connectivity index (χ0v) is 10.1. The van der Waals surface area contributed by atoms with Gasteiger partial charge in [-0.15, -0.1) is 0 Å². The first-order valence-corrected chi connectivity index (χ1v) is 6.26. The zero-order chi connectivity index (χ0) is 12.4. The van der Waals surface area contributed by atoms with E-state index < -0.39 is 5.97 Å². The van der Waals surface area contributed by atoms with Gasteiger partial charge in [-0.05, 0) is 25.7 Å². The Hall–Kier alpha value is -1.10. The second kappa shape index (κ2) is 5.04. The number of amides is 1. The molecule has 0 aromatic rings. The summed E-state index contributed by atoms with van der Waals surface area (Å²) in [5, 5.41) is 9.08. The Morgan fingerprint density at radius 1 is 1.41 bits per heavy atom. The highest BCUT2D eigenvalue weighted by atomic mass is 16.5. The van der Waals surface area contributed by atoms with Crippen molar-refractivity contribution < 1.29 is 19.4 Å². The summed E-state index contributed by atoms with van der Waals surface area (Å²) in [4.78, 5) is 24.8. The van der Waals surface area contributed by atoms with E-state index in [0.717, 1.165) is 19.3 Å². The molecule has 3 unspecified atom stereocenters. The van der Waals surface area contributed by atoms with Crippen LogP contribution in [0, 0.1) is 5.92 Å². The summed E-state index contributed by atoms with van der Waals surface area (Å²) < 4.78 is 5.24. The van der Waals surface area contributed by atoms with Crippen molar-refractivity contribution >= 4 is 11.9 Å². The summed E-state index contributed by atoms with van der Waals surface area (Å²) in [5.74, 6) is -1.19. The second-order valence-corrected chi connectivity index (χ2v) is 4.83. The Balaban J connectivity index is 1.93. The fourth-order valence-corrected chi connectivity index (χ4v) is 3.02. The maximum absolute atomic E-state index is 12.0. The van der Waals surface area contributed by atoms with Gasteiger partial charge in [-0.1, -0.05) is 6.92 Å². The molecular formula is C12H19NO4. The van der Waals surface area contributed by atoms with Crippen LogP contribution in [0.4, 0.5) is 0 Å². The lowest BCUT2D eigenvalue weighted by Crippen LogP contribution is -2.40. The van der Waals surface area contributed by atoms with Crippen LogP contribution in [0.5, 0.6) is 0 Å². The molecule has 1 amide bonds. The molecule has 1 N–H and O–H groups in total. The number of hydrogen-bond acceptors (Lipinski definition) is 3. The molecule has 2 saturated heterocycles. The van der Waals surface area contributed by atoms with E-state index in [1.165, 1.54) is 0 Å². The molecule has 0 saturated carbocycles. The van der Waals surface area contributed by atoms with Crippen molar-refractivity contribution in [1.29, 1.82) is 0 Å². The number of hydrogen-bond donors (Lipinski definition) is 1. The Bertz CT molecular complexity index is 318. The number of carboxylic acids is 1. The van der Waals surface area contributed by atoms with Crippen LogP contribution in [0.3, 0.4) is 0 Å². The van der Waals surface area contributed by atoms with E-state index in [0.29, 0.717) is 13.0 Å². The van der Waals surface area contributed by atoms with Crippen molar-refractivity contribution in [3.05, 3.63) is 0 Å². The van der Waals surface area contributed by atoms with E-state index in [-0.39, 0.29) is 30.5 Å². The highest BCUT2D eigenvalue weighted by Gasteiger charge is 2.51. The number of fused-ring (bicyclic) bond motifs is 2. The van der Waals surface area contributed by atoms with Gasteiger partial charge in [0.2, 0.25) is 5.91 Å². The largest absolute Gasteiger partial charge is 0.481 e. The third kappa shape index (κ3) is 2.29. The monoisotopic (exact) mass is 241 g/mol. The molecule has 0 aromatic carbocycles. The van der Waals surface area contributed by atoms with Crippen LogP contribution in [-0.2, 0) is 14.3 Å². The van der Waals surface area contributed by atoms with Crippen molar-refractivity contribution in [3.8, 4) is 0 Å². The molecule has 2 heterocycles. The lowest BCUT2D eigenvalue weighted by atomic mass is 9.89. The molecular weight excluding hydrogens is 222 g/mol. The first kappa shape index (κ1) is 12.4. The van der Waals surface area contributed by atoms with Gasteiger partial charge >= 0.3 is 5.97 Å². The van der Waals surface area contributed by atoms with Crippen LogP contribution in [0.15, 0.2) is 0 Å². The molecule has 0 aromatic heterocycles. The van der Waals surface area contributed by atoms with Crippen LogP contribution in [0.1, 0.15) is 32.6 Å². The van der Waals surface area contributed by atoms with Crippen LogP contribution in [-0.4, -0.2) is 47.2 Å². The summed E-state index contributed by atoms with van der Waals surface area (Å²) in [7, 11) is 0. The zero-order valence-electron chi connectivity index (χ0n) is 10.1. The summed E-state index contributed by atoms with van der Waals surface area (Å²) in [5.41, 5.74) is 0. The molecule has 96 valence electrons. The average molecular weight is 241 g/mol. The molecule has 2 aliphatic heterocycles. The standard InChI is InChI=1S/C12H19NO4/c1-2-5-17-7-11(14)13-8-3-4-10(13)9(6-8)12(15)16/h8-10H,2-7H2,1H3,(H,15,16). The fourth-order valence-electron chi connectivity index (χ4n) is 3.02. The van der Waals surface area contributed by atoms with E-state index in [1.54, 1.807) is 4.90 Å². The number of carboxylic acid groups (broad SMARTS) is 1. The molecule has 17 heavy (non-hydrogen) atoms. The van der Waals surface area contributed by atoms with Gasteiger partial charge in [-0.25, -0.2) is 0 Å². The third-order valence-corrected chi connectivity index (χ3v) is 3.72. The third-order valence-electron chi connectivity index (χ3n) is 3.72. The molecule has 0 aliphatic carbocycles. The molecule has 3 atom stereocenters. The molecule has 2 rings (SSSR count). The second-order valence-electron chi connectivity index (χ2n) is 4.83. The molecule has 2 bridgehead atoms. The maximum Gasteiger partial charge on any atom is 0.308 e. The van der Waals surface area contributed by atoms with Crippen molar-refractivity contribution in [2.45, 2.75) is 44.7 Å². The summed E-state index contributed by atoms with van der Waals surface area (Å²) in [6.07, 6.45) is 3.26. The first-order valence-electron chi connectivity index (χ1n) is 6.26. The highest BCUT2D eigenvalue weighted by molar-refractivity contribution is 5.81. The Labute approximate surface area is 101 Å². The SMILES string of the molecule is CCCOCC(=O)N1C2CCC1C(C(=O)O)C2. The number of carbonyl (C=O) groups is 2. The molecule has 5 heteroatoms. The van der Waals surface area contributed by atoms with Crippen molar-refractivity contribution in [2.75, 3.05) is 13.2 Å². The van der Waals surface area contributed by atoms with Crippen molar-refractivity contribution in [2.24, 2.45) is 5.92 Å². The van der Waals surface area contributed by atoms with Gasteiger partial charge in [-0.3, -0.25) is 9.59 Å². The predicted octanol–water partition coefficient (Wildman–Crippen LogP) is 0.877. The van der Waals surface area contributed by atoms with E-state index in [4.69, 9.17) is 9.84 Å². The minimum Gasteiger partial charge on any atom is -0.481 e. The van der Waals surface area contributed by atoms with E-state index in [9.17, 15) is 9.59 Å². The van der Waals surface area contributed by atoms with Gasteiger partial charge in [0.1, 0.15) is 6.61 Å². The lowest BCUT2D eigenvalue weighted by Gasteiger charge is -2.22. The first-order chi connectivity index (χ1) is 8.15. The molecule has 2 fully saturated rings. The normalized spacial score (nSPS) is 30.9. The van der Waals surface area contributed by atoms with Gasteiger partial charge in [0.05, 0.1) is 5.92 Å². The summed E-state index contributed by atoms with van der Waals surface area (Å²) in [6, 6.07) is 0.0223. The number of aliphatic carboxylic acids is 1. The Morgan fingerprint density at radius 2 is 2.18 bits per heavy atom. The quantitative estimate of drug-likeness (QED) is 0.725. The Morgan fingerprint density at radius 3 is 2.76 bits per heavy atom. The maximum atomic E-state index is 12.0. The number of nitrogens with zero attached hydrogens (tertiary/aromatic N) is 1. The van der Waals surface area contributed by atoms with E-state index in [2.05, 4.69) is 0 Å². The van der Waals surface area contributed by atoms with Crippen LogP contribution in [0.2, 0.25) is 0 Å². The van der Waals surface area contributed by atoms with Gasteiger partial charge in [0.25, 0.3) is 0 Å². The van der Waals surface area contributed by atoms with Gasteiger partial charge in [0.15, 0.2) is 0 Å². The topological polar surface area (TPSA) is 66.8 Å². The summed E-state index contributed by atoms with van der Waals surface area (Å²) in [6.45, 7) is 2.66. The number of ether oxygens (including phenoxy) is 1. The minimum atomic E-state index is -0.774. The van der Waals surface area contributed by atoms with Gasteiger partial charge < -0.3 is 14.7 Å². The molecule has 0 spiro atoms. The van der Waals surface area contributed by atoms with Gasteiger partial charge in [-0.2, -0.15) is 0 Å². The van der Waals surface area contributed by atoms with Crippen LogP contribution >= 0.6 is 0 Å². The average Bonchev–Trinajstić information content (AvgIpc) is 2.86. The molecule has 2 aliphatic rings. The minimum absolute atomic E-state index is 0.0466. The van der Waals surface area contributed by atoms with Crippen molar-refractivity contribution in [1.82, 2.24) is 4.90 Å². The van der Waals surface area contributed by atoms with E-state index >= 15 is 0 Å². The Kier molecular flexibility index (Phi) is 3.66. The predicted molar refractivity (Wildman–Crippen MR) is 60.5 cm³/mol.